The van der Waals surface area contributed by atoms with Crippen molar-refractivity contribution < 1.29 is 0 Å². The lowest BCUT2D eigenvalue weighted by Gasteiger charge is -2.19. The van der Waals surface area contributed by atoms with Crippen LogP contribution in [0.3, 0.4) is 0 Å². The predicted molar refractivity (Wildman–Crippen MR) is 82.8 cm³/mol. The van der Waals surface area contributed by atoms with E-state index in [0.717, 1.165) is 12.8 Å². The largest absolute Gasteiger partial charge is 0.0933 e. The highest BCUT2D eigenvalue weighted by atomic mass is 35.5. The number of allylic oxidation sites excluding steroid dienone is 2. The summed E-state index contributed by atoms with van der Waals surface area (Å²) in [7, 11) is 0. The summed E-state index contributed by atoms with van der Waals surface area (Å²) in [5.74, 6) is 0. The van der Waals surface area contributed by atoms with Crippen molar-refractivity contribution in [3.63, 3.8) is 0 Å². The van der Waals surface area contributed by atoms with Crippen LogP contribution in [0, 0.1) is 27.7 Å². The molecule has 0 aliphatic rings. The third-order valence-electron chi connectivity index (χ3n) is 3.78. The third kappa shape index (κ3) is 3.18. The van der Waals surface area contributed by atoms with Crippen LogP contribution in [0.25, 0.3) is 0 Å². The third-order valence-corrected chi connectivity index (χ3v) is 4.14. The Morgan fingerprint density at radius 2 is 1.00 bits per heavy atom. The molecule has 98 valence electrons. The number of halogens is 2. The Balaban J connectivity index is 3.42. The van der Waals surface area contributed by atoms with Gasteiger partial charge in [-0.2, -0.15) is 0 Å². The van der Waals surface area contributed by atoms with Crippen molar-refractivity contribution in [1.29, 1.82) is 0 Å². The van der Waals surface area contributed by atoms with Gasteiger partial charge in [0, 0.05) is 11.1 Å². The molecule has 0 saturated carbocycles. The number of hydrogen-bond acceptors (Lipinski definition) is 0. The highest BCUT2D eigenvalue weighted by Gasteiger charge is 2.13. The monoisotopic (exact) mass is 282 g/mol. The van der Waals surface area contributed by atoms with E-state index >= 15 is 0 Å². The summed E-state index contributed by atoms with van der Waals surface area (Å²) >= 11 is 11.3. The van der Waals surface area contributed by atoms with Crippen LogP contribution in [0.15, 0.2) is 23.2 Å². The summed E-state index contributed by atoms with van der Waals surface area (Å²) in [6.45, 7) is 8.75. The standard InChI is InChI=1S/C16H20Cl2/c1-11-12(2)14(4)16(8-6-10-18)15(13(11)3)7-5-9-17/h5-6,9-10H,7-8H2,1-4H3. The number of benzene rings is 1. The fourth-order valence-corrected chi connectivity index (χ4v) is 2.52. The van der Waals surface area contributed by atoms with Crippen molar-refractivity contribution in [1.82, 2.24) is 0 Å². The molecule has 18 heavy (non-hydrogen) atoms. The second kappa shape index (κ2) is 7.01. The van der Waals surface area contributed by atoms with E-state index in [4.69, 9.17) is 23.2 Å². The minimum Gasteiger partial charge on any atom is -0.0933 e. The topological polar surface area (TPSA) is 0 Å². The maximum Gasteiger partial charge on any atom is 0.000580 e. The van der Waals surface area contributed by atoms with Gasteiger partial charge in [-0.25, -0.2) is 0 Å². The van der Waals surface area contributed by atoms with Crippen LogP contribution >= 0.6 is 23.2 Å². The van der Waals surface area contributed by atoms with Crippen molar-refractivity contribution in [3.05, 3.63) is 56.6 Å². The van der Waals surface area contributed by atoms with Gasteiger partial charge >= 0.3 is 0 Å². The van der Waals surface area contributed by atoms with Gasteiger partial charge in [0.1, 0.15) is 0 Å². The van der Waals surface area contributed by atoms with Crippen LogP contribution in [0.2, 0.25) is 0 Å². The van der Waals surface area contributed by atoms with Crippen LogP contribution in [0.1, 0.15) is 33.4 Å². The Labute approximate surface area is 120 Å². The predicted octanol–water partition coefficient (Wildman–Crippen LogP) is 5.51. The quantitative estimate of drug-likeness (QED) is 0.683. The van der Waals surface area contributed by atoms with E-state index < -0.39 is 0 Å². The van der Waals surface area contributed by atoms with Crippen molar-refractivity contribution in [2.45, 2.75) is 40.5 Å². The molecule has 0 spiro atoms. The zero-order chi connectivity index (χ0) is 13.7. The van der Waals surface area contributed by atoms with Crippen LogP contribution in [-0.2, 0) is 12.8 Å². The van der Waals surface area contributed by atoms with Crippen molar-refractivity contribution in [3.8, 4) is 0 Å². The van der Waals surface area contributed by atoms with Crippen LogP contribution in [0.5, 0.6) is 0 Å². The Kier molecular flexibility index (Phi) is 5.98. The van der Waals surface area contributed by atoms with Gasteiger partial charge in [-0.05, 0) is 73.9 Å². The lowest BCUT2D eigenvalue weighted by atomic mass is 9.86. The molecule has 0 saturated heterocycles. The van der Waals surface area contributed by atoms with Gasteiger partial charge < -0.3 is 0 Å². The van der Waals surface area contributed by atoms with E-state index in [1.165, 1.54) is 33.4 Å². The van der Waals surface area contributed by atoms with Crippen molar-refractivity contribution >= 4 is 23.2 Å². The smallest absolute Gasteiger partial charge is 0.000580 e. The molecule has 0 bridgehead atoms. The number of rotatable bonds is 4. The molecule has 1 aromatic carbocycles. The van der Waals surface area contributed by atoms with E-state index in [1.807, 2.05) is 12.2 Å². The summed E-state index contributed by atoms with van der Waals surface area (Å²) < 4.78 is 0. The van der Waals surface area contributed by atoms with Crippen molar-refractivity contribution in [2.75, 3.05) is 0 Å². The molecule has 0 amide bonds. The summed E-state index contributed by atoms with van der Waals surface area (Å²) in [6.07, 6.45) is 5.74. The minimum atomic E-state index is 0.878. The van der Waals surface area contributed by atoms with Gasteiger partial charge in [0.2, 0.25) is 0 Å². The molecule has 1 aromatic rings. The fraction of sp³-hybridized carbons (Fsp3) is 0.375. The van der Waals surface area contributed by atoms with Gasteiger partial charge in [-0.1, -0.05) is 35.4 Å². The van der Waals surface area contributed by atoms with E-state index in [2.05, 4.69) is 27.7 Å². The van der Waals surface area contributed by atoms with Gasteiger partial charge in [-0.15, -0.1) is 0 Å². The molecule has 2 heteroatoms. The van der Waals surface area contributed by atoms with E-state index in [9.17, 15) is 0 Å². The first kappa shape index (κ1) is 15.3. The second-order valence-corrected chi connectivity index (χ2v) is 5.09. The Morgan fingerprint density at radius 1 is 0.667 bits per heavy atom. The fourth-order valence-electron chi connectivity index (χ4n) is 2.35. The average Bonchev–Trinajstić information content (AvgIpc) is 2.38. The van der Waals surface area contributed by atoms with Gasteiger partial charge in [0.05, 0.1) is 0 Å². The summed E-state index contributed by atoms with van der Waals surface area (Å²) in [5, 5.41) is 0. The van der Waals surface area contributed by atoms with E-state index in [0.29, 0.717) is 0 Å². The van der Waals surface area contributed by atoms with Crippen molar-refractivity contribution in [2.24, 2.45) is 0 Å². The van der Waals surface area contributed by atoms with Gasteiger partial charge in [-0.3, -0.25) is 0 Å². The molecular weight excluding hydrogens is 263 g/mol. The van der Waals surface area contributed by atoms with Gasteiger partial charge in [0.15, 0.2) is 0 Å². The molecule has 0 aromatic heterocycles. The highest BCUT2D eigenvalue weighted by Crippen LogP contribution is 2.28. The van der Waals surface area contributed by atoms with Crippen LogP contribution in [0.4, 0.5) is 0 Å². The first-order valence-electron chi connectivity index (χ1n) is 6.13. The highest BCUT2D eigenvalue weighted by molar-refractivity contribution is 6.25. The molecule has 0 N–H and O–H groups in total. The molecule has 0 aliphatic carbocycles. The van der Waals surface area contributed by atoms with Gasteiger partial charge in [0.25, 0.3) is 0 Å². The molecule has 0 heterocycles. The average molecular weight is 283 g/mol. The van der Waals surface area contributed by atoms with Crippen LogP contribution in [-0.4, -0.2) is 0 Å². The van der Waals surface area contributed by atoms with E-state index in [-0.39, 0.29) is 0 Å². The number of hydrogen-bond donors (Lipinski definition) is 0. The zero-order valence-corrected chi connectivity index (χ0v) is 13.0. The first-order valence-corrected chi connectivity index (χ1v) is 7.00. The zero-order valence-electron chi connectivity index (χ0n) is 11.5. The van der Waals surface area contributed by atoms with E-state index in [1.54, 1.807) is 11.1 Å². The Bertz CT molecular complexity index is 438. The Morgan fingerprint density at radius 3 is 1.28 bits per heavy atom. The first-order chi connectivity index (χ1) is 8.54. The molecule has 0 unspecified atom stereocenters. The summed E-state index contributed by atoms with van der Waals surface area (Å²) in [6, 6.07) is 0. The summed E-state index contributed by atoms with van der Waals surface area (Å²) in [4.78, 5) is 0. The minimum absolute atomic E-state index is 0.878. The lowest BCUT2D eigenvalue weighted by Crippen LogP contribution is -2.04. The molecule has 0 nitrogen and oxygen atoms in total. The molecular formula is C16H20Cl2. The lowest BCUT2D eigenvalue weighted by molar-refractivity contribution is 1.05. The maximum absolute atomic E-state index is 5.66. The molecule has 0 aliphatic heterocycles. The van der Waals surface area contributed by atoms with Crippen LogP contribution < -0.4 is 0 Å². The SMILES string of the molecule is Cc1c(C)c(C)c(CC=CCl)c(CC=CCl)c1C. The normalized spacial score (nSPS) is 11.9. The molecule has 0 radical (unpaired) electrons. The second-order valence-electron chi connectivity index (χ2n) is 4.59. The summed E-state index contributed by atoms with van der Waals surface area (Å²) in [5.41, 5.74) is 11.4. The maximum atomic E-state index is 5.66. The Hall–Kier alpha value is -0.720. The molecule has 0 atom stereocenters. The molecule has 0 fully saturated rings. The molecule has 1 rings (SSSR count).